The van der Waals surface area contributed by atoms with E-state index in [2.05, 4.69) is 5.32 Å². The van der Waals surface area contributed by atoms with Gasteiger partial charge in [-0.15, -0.1) is 0 Å². The van der Waals surface area contributed by atoms with Crippen molar-refractivity contribution in [2.45, 2.75) is 50.7 Å². The van der Waals surface area contributed by atoms with Gasteiger partial charge in [-0.05, 0) is 80.4 Å². The predicted octanol–water partition coefficient (Wildman–Crippen LogP) is 7.41. The molecule has 0 spiro atoms. The van der Waals surface area contributed by atoms with Crippen LogP contribution in [0, 0.1) is 0 Å². The van der Waals surface area contributed by atoms with E-state index in [9.17, 15) is 18.0 Å². The van der Waals surface area contributed by atoms with Crippen LogP contribution in [-0.4, -0.2) is 50.4 Å². The molecule has 0 heterocycles. The zero-order chi connectivity index (χ0) is 34.1. The SMILES string of the molecule is CCOc1ccccc1N(CC(=O)N(Cc1ccc(Cl)c(Cl)c1)C(Cc1ccccc1)C(=O)NC(C)C)S(=O)(=O)c1ccc(Cl)cc1. The fourth-order valence-corrected chi connectivity index (χ4v) is 6.83. The van der Waals surface area contributed by atoms with Crippen molar-refractivity contribution < 1.29 is 22.7 Å². The molecule has 0 fully saturated rings. The zero-order valence-corrected chi connectivity index (χ0v) is 29.3. The van der Waals surface area contributed by atoms with E-state index in [4.69, 9.17) is 39.5 Å². The largest absolute Gasteiger partial charge is 0.492 e. The first-order chi connectivity index (χ1) is 22.4. The van der Waals surface area contributed by atoms with Crippen LogP contribution in [0.3, 0.4) is 0 Å². The molecule has 1 N–H and O–H groups in total. The molecule has 0 bridgehead atoms. The van der Waals surface area contributed by atoms with Gasteiger partial charge in [0.2, 0.25) is 11.8 Å². The Labute approximate surface area is 291 Å². The lowest BCUT2D eigenvalue weighted by atomic mass is 10.0. The van der Waals surface area contributed by atoms with Gasteiger partial charge in [-0.2, -0.15) is 0 Å². The van der Waals surface area contributed by atoms with E-state index in [1.54, 1.807) is 49.4 Å². The van der Waals surface area contributed by atoms with Gasteiger partial charge >= 0.3 is 0 Å². The van der Waals surface area contributed by atoms with Gasteiger partial charge in [-0.1, -0.05) is 83.3 Å². The van der Waals surface area contributed by atoms with Gasteiger partial charge in [0.25, 0.3) is 10.0 Å². The third-order valence-corrected chi connectivity index (χ3v) is 9.92. The number of hydrogen-bond acceptors (Lipinski definition) is 5. The average molecular weight is 717 g/mol. The summed E-state index contributed by atoms with van der Waals surface area (Å²) in [5.41, 5.74) is 1.58. The normalized spacial score (nSPS) is 12.0. The number of hydrogen-bond donors (Lipinski definition) is 1. The Kier molecular flexibility index (Phi) is 12.6. The molecule has 4 rings (SSSR count). The van der Waals surface area contributed by atoms with E-state index in [0.717, 1.165) is 9.87 Å². The zero-order valence-electron chi connectivity index (χ0n) is 26.2. The number of ether oxygens (including phenoxy) is 1. The lowest BCUT2D eigenvalue weighted by Crippen LogP contribution is -2.54. The van der Waals surface area contributed by atoms with Gasteiger partial charge in [0.15, 0.2) is 0 Å². The molecule has 4 aromatic rings. The number of benzene rings is 4. The fourth-order valence-electron chi connectivity index (χ4n) is 4.96. The summed E-state index contributed by atoms with van der Waals surface area (Å²) in [5, 5.41) is 3.90. The molecule has 0 radical (unpaired) electrons. The molecule has 0 aromatic heterocycles. The molecule has 0 aliphatic carbocycles. The van der Waals surface area contributed by atoms with Gasteiger partial charge in [-0.25, -0.2) is 8.42 Å². The number of carbonyl (C=O) groups excluding carboxylic acids is 2. The Morgan fingerprint density at radius 3 is 2.13 bits per heavy atom. The van der Waals surface area contributed by atoms with Crippen LogP contribution in [0.15, 0.2) is 102 Å². The first-order valence-electron chi connectivity index (χ1n) is 15.0. The molecule has 0 aliphatic rings. The summed E-state index contributed by atoms with van der Waals surface area (Å²) < 4.78 is 35.4. The second kappa shape index (κ2) is 16.4. The van der Waals surface area contributed by atoms with Crippen molar-refractivity contribution in [2.24, 2.45) is 0 Å². The molecule has 2 amide bonds. The number of nitrogens with one attached hydrogen (secondary N) is 1. The molecular formula is C35H36Cl3N3O5S. The molecule has 1 unspecified atom stereocenters. The van der Waals surface area contributed by atoms with Crippen LogP contribution in [0.5, 0.6) is 5.75 Å². The van der Waals surface area contributed by atoms with E-state index in [0.29, 0.717) is 15.6 Å². The standard InChI is InChI=1S/C35H36Cl3N3O5S/c1-4-46-33-13-9-8-12-31(33)41(47(44,45)28-17-15-27(36)16-18-28)23-34(42)40(22-26-14-19-29(37)30(38)20-26)32(35(43)39-24(2)3)21-25-10-6-5-7-11-25/h5-20,24,32H,4,21-23H2,1-3H3,(H,39,43). The van der Waals surface area contributed by atoms with Crippen LogP contribution in [0.1, 0.15) is 31.9 Å². The molecule has 12 heteroatoms. The van der Waals surface area contributed by atoms with E-state index >= 15 is 0 Å². The number of anilines is 1. The van der Waals surface area contributed by atoms with Crippen molar-refractivity contribution in [1.29, 1.82) is 0 Å². The van der Waals surface area contributed by atoms with E-state index in [1.807, 2.05) is 44.2 Å². The van der Waals surface area contributed by atoms with Crippen molar-refractivity contribution >= 4 is 62.3 Å². The summed E-state index contributed by atoms with van der Waals surface area (Å²) in [6, 6.07) is 25.3. The second-order valence-corrected chi connectivity index (χ2v) is 14.1. The van der Waals surface area contributed by atoms with Crippen molar-refractivity contribution in [3.63, 3.8) is 0 Å². The maximum atomic E-state index is 14.6. The molecule has 4 aromatic carbocycles. The quantitative estimate of drug-likeness (QED) is 0.147. The summed E-state index contributed by atoms with van der Waals surface area (Å²) in [6.45, 7) is 5.00. The number of rotatable bonds is 14. The Balaban J connectivity index is 1.85. The van der Waals surface area contributed by atoms with Crippen molar-refractivity contribution in [3.05, 3.63) is 123 Å². The third kappa shape index (κ3) is 9.41. The Morgan fingerprint density at radius 2 is 1.49 bits per heavy atom. The van der Waals surface area contributed by atoms with Gasteiger partial charge in [0.05, 0.1) is 27.2 Å². The van der Waals surface area contributed by atoms with Gasteiger partial charge in [-0.3, -0.25) is 13.9 Å². The summed E-state index contributed by atoms with van der Waals surface area (Å²) in [5.74, 6) is -0.742. The third-order valence-electron chi connectivity index (χ3n) is 7.15. The minimum Gasteiger partial charge on any atom is -0.492 e. The average Bonchev–Trinajstić information content (AvgIpc) is 3.04. The molecule has 1 atom stereocenters. The Morgan fingerprint density at radius 1 is 0.830 bits per heavy atom. The van der Waals surface area contributed by atoms with Crippen molar-refractivity contribution in [3.8, 4) is 5.75 Å². The minimum absolute atomic E-state index is 0.0549. The Hall–Kier alpha value is -3.76. The first-order valence-corrected chi connectivity index (χ1v) is 17.6. The molecule has 0 saturated heterocycles. The smallest absolute Gasteiger partial charge is 0.264 e. The summed E-state index contributed by atoms with van der Waals surface area (Å²) in [6.07, 6.45) is 0.173. The van der Waals surface area contributed by atoms with Gasteiger partial charge in [0, 0.05) is 24.0 Å². The van der Waals surface area contributed by atoms with Crippen LogP contribution in [-0.2, 0) is 32.6 Å². The van der Waals surface area contributed by atoms with E-state index in [-0.39, 0.29) is 52.9 Å². The maximum Gasteiger partial charge on any atom is 0.264 e. The highest BCUT2D eigenvalue weighted by atomic mass is 35.5. The van der Waals surface area contributed by atoms with Crippen LogP contribution in [0.4, 0.5) is 5.69 Å². The summed E-state index contributed by atoms with van der Waals surface area (Å²) in [7, 11) is -4.34. The molecule has 248 valence electrons. The van der Waals surface area contributed by atoms with E-state index in [1.165, 1.54) is 29.2 Å². The number of nitrogens with zero attached hydrogens (tertiary/aromatic N) is 2. The van der Waals surface area contributed by atoms with Crippen molar-refractivity contribution in [1.82, 2.24) is 10.2 Å². The fraction of sp³-hybridized carbons (Fsp3) is 0.257. The van der Waals surface area contributed by atoms with Crippen molar-refractivity contribution in [2.75, 3.05) is 17.5 Å². The monoisotopic (exact) mass is 715 g/mol. The second-order valence-electron chi connectivity index (χ2n) is 11.0. The number of amides is 2. The van der Waals surface area contributed by atoms with Gasteiger partial charge < -0.3 is 15.0 Å². The molecule has 0 saturated carbocycles. The molecule has 47 heavy (non-hydrogen) atoms. The number of carbonyl (C=O) groups is 2. The highest BCUT2D eigenvalue weighted by Gasteiger charge is 2.35. The van der Waals surface area contributed by atoms with Crippen LogP contribution < -0.4 is 14.4 Å². The van der Waals surface area contributed by atoms with Gasteiger partial charge in [0.1, 0.15) is 18.3 Å². The highest BCUT2D eigenvalue weighted by Crippen LogP contribution is 2.33. The number of sulfonamides is 1. The lowest BCUT2D eigenvalue weighted by Gasteiger charge is -2.34. The van der Waals surface area contributed by atoms with Crippen LogP contribution in [0.25, 0.3) is 0 Å². The number of halogens is 3. The predicted molar refractivity (Wildman–Crippen MR) is 188 cm³/mol. The topological polar surface area (TPSA) is 96.0 Å². The summed E-state index contributed by atoms with van der Waals surface area (Å²) in [4.78, 5) is 29.8. The maximum absolute atomic E-state index is 14.6. The summed E-state index contributed by atoms with van der Waals surface area (Å²) >= 11 is 18.6. The Bertz CT molecular complexity index is 1790. The first kappa shape index (κ1) is 36.1. The van der Waals surface area contributed by atoms with Crippen LogP contribution >= 0.6 is 34.8 Å². The lowest BCUT2D eigenvalue weighted by molar-refractivity contribution is -0.140. The molecule has 0 aliphatic heterocycles. The van der Waals surface area contributed by atoms with Crippen LogP contribution in [0.2, 0.25) is 15.1 Å². The molecule has 8 nitrogen and oxygen atoms in total. The van der Waals surface area contributed by atoms with E-state index < -0.39 is 28.5 Å². The minimum atomic E-state index is -4.34. The number of para-hydroxylation sites is 2. The molecular weight excluding hydrogens is 681 g/mol. The highest BCUT2D eigenvalue weighted by molar-refractivity contribution is 7.92.